The lowest BCUT2D eigenvalue weighted by molar-refractivity contribution is 0.0278. The van der Waals surface area contributed by atoms with Crippen LogP contribution >= 0.6 is 0 Å². The van der Waals surface area contributed by atoms with Crippen molar-refractivity contribution in [1.29, 1.82) is 0 Å². The van der Waals surface area contributed by atoms with Gasteiger partial charge in [0.2, 0.25) is 0 Å². The number of nitrogens with one attached hydrogen (secondary N) is 1. The van der Waals surface area contributed by atoms with Crippen LogP contribution in [0.3, 0.4) is 0 Å². The van der Waals surface area contributed by atoms with Crippen LogP contribution < -0.4 is 5.32 Å². The summed E-state index contributed by atoms with van der Waals surface area (Å²) in [6.45, 7) is 9.04. The van der Waals surface area contributed by atoms with E-state index in [1.807, 2.05) is 0 Å². The lowest BCUT2D eigenvalue weighted by atomic mass is 9.70. The highest BCUT2D eigenvalue weighted by atomic mass is 16.5. The molecule has 0 aliphatic heterocycles. The van der Waals surface area contributed by atoms with Crippen molar-refractivity contribution in [3.63, 3.8) is 0 Å². The third-order valence-corrected chi connectivity index (χ3v) is 4.67. The van der Waals surface area contributed by atoms with E-state index in [0.29, 0.717) is 30.5 Å². The lowest BCUT2D eigenvalue weighted by Gasteiger charge is -2.40. The molecule has 0 radical (unpaired) electrons. The minimum absolute atomic E-state index is 0.360. The topological polar surface area (TPSA) is 41.5 Å². The van der Waals surface area contributed by atoms with Gasteiger partial charge in [-0.2, -0.15) is 0 Å². The van der Waals surface area contributed by atoms with Gasteiger partial charge in [-0.05, 0) is 49.4 Å². The van der Waals surface area contributed by atoms with Gasteiger partial charge in [0.05, 0.1) is 12.7 Å². The second-order valence-corrected chi connectivity index (χ2v) is 7.53. The minimum Gasteiger partial charge on any atom is -0.389 e. The van der Waals surface area contributed by atoms with Crippen LogP contribution in [0.2, 0.25) is 0 Å². The third-order valence-electron chi connectivity index (χ3n) is 4.67. The number of aliphatic hydroxyl groups is 1. The molecule has 3 unspecified atom stereocenters. The quantitative estimate of drug-likeness (QED) is 0.746. The first kappa shape index (κ1) is 15.3. The molecule has 0 bridgehead atoms. The molecule has 19 heavy (non-hydrogen) atoms. The van der Waals surface area contributed by atoms with E-state index >= 15 is 0 Å². The second-order valence-electron chi connectivity index (χ2n) is 7.53. The summed E-state index contributed by atoms with van der Waals surface area (Å²) in [4.78, 5) is 0. The highest BCUT2D eigenvalue weighted by Gasteiger charge is 2.32. The molecule has 0 saturated heterocycles. The van der Waals surface area contributed by atoms with Gasteiger partial charge in [0.15, 0.2) is 0 Å². The standard InChI is InChI=1S/C16H31NO2/c1-12-8-16(2,3)7-6-15(12)17-9-14(18)11-19-10-13-4-5-13/h12-15,17-18H,4-11H2,1-3H3. The summed E-state index contributed by atoms with van der Waals surface area (Å²) in [5.74, 6) is 1.48. The second kappa shape index (κ2) is 6.55. The van der Waals surface area contributed by atoms with E-state index in [1.54, 1.807) is 0 Å². The normalized spacial score (nSPS) is 32.2. The van der Waals surface area contributed by atoms with Crippen LogP contribution in [0.15, 0.2) is 0 Å². The zero-order valence-electron chi connectivity index (χ0n) is 12.8. The van der Waals surface area contributed by atoms with Crippen LogP contribution in [0.5, 0.6) is 0 Å². The molecule has 2 rings (SSSR count). The van der Waals surface area contributed by atoms with Crippen molar-refractivity contribution in [1.82, 2.24) is 5.32 Å². The summed E-state index contributed by atoms with van der Waals surface area (Å²) >= 11 is 0. The van der Waals surface area contributed by atoms with Gasteiger partial charge in [0.25, 0.3) is 0 Å². The molecule has 0 heterocycles. The number of ether oxygens (including phenoxy) is 1. The maximum absolute atomic E-state index is 9.91. The Bertz CT molecular complexity index is 276. The van der Waals surface area contributed by atoms with Crippen LogP contribution in [0.25, 0.3) is 0 Å². The zero-order valence-corrected chi connectivity index (χ0v) is 12.8. The smallest absolute Gasteiger partial charge is 0.0897 e. The van der Waals surface area contributed by atoms with Crippen molar-refractivity contribution in [3.05, 3.63) is 0 Å². The molecule has 2 saturated carbocycles. The molecular formula is C16H31NO2. The predicted octanol–water partition coefficient (Wildman–Crippen LogP) is 2.58. The first-order valence-electron chi connectivity index (χ1n) is 7.95. The highest BCUT2D eigenvalue weighted by Crippen LogP contribution is 2.38. The predicted molar refractivity (Wildman–Crippen MR) is 78.1 cm³/mol. The molecule has 3 nitrogen and oxygen atoms in total. The molecule has 2 fully saturated rings. The Morgan fingerprint density at radius 2 is 2.05 bits per heavy atom. The molecule has 3 heteroatoms. The number of hydrogen-bond donors (Lipinski definition) is 2. The van der Waals surface area contributed by atoms with E-state index in [-0.39, 0.29) is 6.10 Å². The van der Waals surface area contributed by atoms with Crippen LogP contribution in [-0.4, -0.2) is 37.0 Å². The number of rotatable bonds is 7. The van der Waals surface area contributed by atoms with E-state index in [0.717, 1.165) is 12.5 Å². The summed E-state index contributed by atoms with van der Waals surface area (Å²) in [5, 5.41) is 13.4. The largest absolute Gasteiger partial charge is 0.389 e. The van der Waals surface area contributed by atoms with Crippen molar-refractivity contribution in [3.8, 4) is 0 Å². The van der Waals surface area contributed by atoms with Crippen molar-refractivity contribution in [2.24, 2.45) is 17.3 Å². The van der Waals surface area contributed by atoms with Crippen molar-refractivity contribution in [2.75, 3.05) is 19.8 Å². The molecule has 3 atom stereocenters. The van der Waals surface area contributed by atoms with E-state index in [4.69, 9.17) is 4.74 Å². The maximum atomic E-state index is 9.91. The van der Waals surface area contributed by atoms with E-state index in [9.17, 15) is 5.11 Å². The van der Waals surface area contributed by atoms with Crippen LogP contribution in [0.1, 0.15) is 52.9 Å². The Balaban J connectivity index is 1.58. The van der Waals surface area contributed by atoms with Crippen LogP contribution in [-0.2, 0) is 4.74 Å². The summed E-state index contributed by atoms with van der Waals surface area (Å²) < 4.78 is 5.53. The fourth-order valence-electron chi connectivity index (χ4n) is 3.25. The van der Waals surface area contributed by atoms with Gasteiger partial charge < -0.3 is 15.2 Å². The van der Waals surface area contributed by atoms with Gasteiger partial charge in [0, 0.05) is 19.2 Å². The van der Waals surface area contributed by atoms with Gasteiger partial charge in [-0.15, -0.1) is 0 Å². The number of hydrogen-bond acceptors (Lipinski definition) is 3. The van der Waals surface area contributed by atoms with E-state index in [2.05, 4.69) is 26.1 Å². The molecular weight excluding hydrogens is 238 g/mol. The molecule has 0 spiro atoms. The number of aliphatic hydroxyl groups excluding tert-OH is 1. The lowest BCUT2D eigenvalue weighted by Crippen LogP contribution is -2.45. The Morgan fingerprint density at radius 3 is 2.68 bits per heavy atom. The Morgan fingerprint density at radius 1 is 1.32 bits per heavy atom. The molecule has 0 amide bonds. The Kier molecular flexibility index (Phi) is 5.27. The summed E-state index contributed by atoms with van der Waals surface area (Å²) in [6, 6.07) is 0.561. The summed E-state index contributed by atoms with van der Waals surface area (Å²) in [7, 11) is 0. The molecule has 0 aromatic carbocycles. The Labute approximate surface area is 118 Å². The Hall–Kier alpha value is -0.120. The average Bonchev–Trinajstić information content (AvgIpc) is 3.11. The SMILES string of the molecule is CC1CC(C)(C)CCC1NCC(O)COCC1CC1. The van der Waals surface area contributed by atoms with Gasteiger partial charge in [-0.3, -0.25) is 0 Å². The van der Waals surface area contributed by atoms with Crippen LogP contribution in [0, 0.1) is 17.3 Å². The van der Waals surface area contributed by atoms with Crippen molar-refractivity contribution in [2.45, 2.75) is 65.0 Å². The third kappa shape index (κ3) is 5.41. The van der Waals surface area contributed by atoms with Crippen molar-refractivity contribution < 1.29 is 9.84 Å². The maximum Gasteiger partial charge on any atom is 0.0897 e. The van der Waals surface area contributed by atoms with Gasteiger partial charge in [0.1, 0.15) is 0 Å². The van der Waals surface area contributed by atoms with E-state index in [1.165, 1.54) is 32.1 Å². The first-order valence-corrected chi connectivity index (χ1v) is 7.95. The van der Waals surface area contributed by atoms with E-state index < -0.39 is 0 Å². The summed E-state index contributed by atoms with van der Waals surface area (Å²) in [5.41, 5.74) is 0.490. The first-order chi connectivity index (χ1) is 8.96. The fourth-order valence-corrected chi connectivity index (χ4v) is 3.25. The molecule has 2 N–H and O–H groups in total. The molecule has 0 aromatic heterocycles. The summed E-state index contributed by atoms with van der Waals surface area (Å²) in [6.07, 6.45) is 6.04. The minimum atomic E-state index is -0.360. The van der Waals surface area contributed by atoms with Crippen LogP contribution in [0.4, 0.5) is 0 Å². The monoisotopic (exact) mass is 269 g/mol. The zero-order chi connectivity index (χ0) is 13.9. The van der Waals surface area contributed by atoms with Gasteiger partial charge in [-0.1, -0.05) is 20.8 Å². The van der Waals surface area contributed by atoms with Gasteiger partial charge >= 0.3 is 0 Å². The highest BCUT2D eigenvalue weighted by molar-refractivity contribution is 4.87. The molecule has 2 aliphatic carbocycles. The fraction of sp³-hybridized carbons (Fsp3) is 1.00. The van der Waals surface area contributed by atoms with Gasteiger partial charge in [-0.25, -0.2) is 0 Å². The van der Waals surface area contributed by atoms with Crippen molar-refractivity contribution >= 4 is 0 Å². The average molecular weight is 269 g/mol. The molecule has 2 aliphatic rings. The molecule has 112 valence electrons. The molecule has 0 aromatic rings.